The van der Waals surface area contributed by atoms with Gasteiger partial charge < -0.3 is 9.80 Å². The Hall–Kier alpha value is -7.90. The van der Waals surface area contributed by atoms with Gasteiger partial charge in [0.2, 0.25) is 6.71 Å². The van der Waals surface area contributed by atoms with Gasteiger partial charge in [-0.3, -0.25) is 4.57 Å². The number of rotatable bonds is 9. The van der Waals surface area contributed by atoms with Crippen molar-refractivity contribution in [2.24, 2.45) is 0 Å². The van der Waals surface area contributed by atoms with Crippen LogP contribution in [-0.4, -0.2) is 32.7 Å². The normalized spacial score (nSPS) is 12.7. The van der Waals surface area contributed by atoms with Crippen molar-refractivity contribution in [1.29, 1.82) is 0 Å². The highest BCUT2D eigenvalue weighted by Crippen LogP contribution is 2.34. The smallest absolute Gasteiger partial charge is 0.247 e. The van der Waals surface area contributed by atoms with Gasteiger partial charge in [-0.25, -0.2) is 9.67 Å². The molecule has 0 spiro atoms. The maximum absolute atomic E-state index is 5.61. The molecule has 1 aliphatic rings. The average molecular weight is 827 g/mol. The number of pyridine rings is 1. The summed E-state index contributed by atoms with van der Waals surface area (Å²) in [5, 5.41) is 7.99. The minimum Gasteiger partial charge on any atom is -0.328 e. The molecule has 0 N–H and O–H groups in total. The van der Waals surface area contributed by atoms with E-state index in [9.17, 15) is 0 Å². The first-order valence-corrected chi connectivity index (χ1v) is 22.0. The Labute approximate surface area is 375 Å². The van der Waals surface area contributed by atoms with Crippen LogP contribution in [0.25, 0.3) is 55.8 Å². The van der Waals surface area contributed by atoms with Crippen molar-refractivity contribution in [1.82, 2.24) is 19.3 Å². The summed E-state index contributed by atoms with van der Waals surface area (Å²) in [5.41, 5.74) is 14.3. The molecule has 7 aromatic carbocycles. The van der Waals surface area contributed by atoms with Crippen LogP contribution in [0.3, 0.4) is 0 Å². The first kappa shape index (κ1) is 39.0. The van der Waals surface area contributed by atoms with Gasteiger partial charge in [-0.2, -0.15) is 5.10 Å². The summed E-state index contributed by atoms with van der Waals surface area (Å²) in [4.78, 5) is 9.66. The maximum Gasteiger partial charge on any atom is 0.247 e. The third kappa shape index (κ3) is 7.05. The second-order valence-electron chi connectivity index (χ2n) is 17.6. The van der Waals surface area contributed by atoms with Gasteiger partial charge in [0.1, 0.15) is 5.82 Å². The summed E-state index contributed by atoms with van der Waals surface area (Å²) in [6.07, 6.45) is 6.30. The molecule has 1 aliphatic heterocycles. The molecule has 0 bridgehead atoms. The molecule has 4 heterocycles. The van der Waals surface area contributed by atoms with Crippen molar-refractivity contribution in [3.05, 3.63) is 224 Å². The largest absolute Gasteiger partial charge is 0.328 e. The van der Waals surface area contributed by atoms with Crippen LogP contribution in [0.5, 0.6) is 0 Å². The Kier molecular flexibility index (Phi) is 9.81. The molecule has 7 heteroatoms. The van der Waals surface area contributed by atoms with E-state index in [0.717, 1.165) is 67.4 Å². The third-order valence-corrected chi connectivity index (χ3v) is 12.5. The van der Waals surface area contributed by atoms with Crippen LogP contribution in [-0.2, 0) is 5.41 Å². The number of hydrogen-bond donors (Lipinski definition) is 0. The van der Waals surface area contributed by atoms with E-state index in [0.29, 0.717) is 6.67 Å². The summed E-state index contributed by atoms with van der Waals surface area (Å²) in [5.74, 6) is 0.907. The van der Waals surface area contributed by atoms with Gasteiger partial charge in [0.05, 0.1) is 34.8 Å². The molecule has 0 radical (unpaired) electrons. The lowest BCUT2D eigenvalue weighted by Crippen LogP contribution is -2.53. The van der Waals surface area contributed by atoms with E-state index in [1.807, 2.05) is 6.20 Å². The zero-order valence-corrected chi connectivity index (χ0v) is 36.3. The lowest BCUT2D eigenvalue weighted by Gasteiger charge is -2.24. The van der Waals surface area contributed by atoms with Crippen LogP contribution in [0.4, 0.5) is 11.4 Å². The Bertz CT molecular complexity index is 3300. The molecule has 308 valence electrons. The summed E-state index contributed by atoms with van der Waals surface area (Å²) < 4.78 is 4.51. The zero-order valence-electron chi connectivity index (χ0n) is 36.3. The summed E-state index contributed by atoms with van der Waals surface area (Å²) in [7, 11) is 0. The molecule has 3 aromatic heterocycles. The SMILES string of the molecule is CC(C)(C)c1ccnc(-n2c3ccccc3c3ccc(B(c4cccc(N5C=CN(c6ccccc6)C5)c4)c4c(-c5ccccc5)nn(-c5ccccc5)c4-c4ccccc4)cc32)c1. The fourth-order valence-corrected chi connectivity index (χ4v) is 9.35. The first-order chi connectivity index (χ1) is 31.4. The highest BCUT2D eigenvalue weighted by Gasteiger charge is 2.34. The van der Waals surface area contributed by atoms with Gasteiger partial charge in [-0.1, -0.05) is 171 Å². The molecule has 0 aliphatic carbocycles. The number of aromatic nitrogens is 4. The van der Waals surface area contributed by atoms with Gasteiger partial charge in [0, 0.05) is 46.3 Å². The minimum atomic E-state index is -0.246. The van der Waals surface area contributed by atoms with Gasteiger partial charge >= 0.3 is 0 Å². The van der Waals surface area contributed by atoms with Crippen molar-refractivity contribution < 1.29 is 0 Å². The third-order valence-electron chi connectivity index (χ3n) is 12.5. The minimum absolute atomic E-state index is 0.0407. The van der Waals surface area contributed by atoms with Gasteiger partial charge in [0.25, 0.3) is 0 Å². The average Bonchev–Trinajstić information content (AvgIpc) is 4.08. The molecule has 0 saturated carbocycles. The number of benzene rings is 7. The fraction of sp³-hybridized carbons (Fsp3) is 0.0877. The predicted octanol–water partition coefficient (Wildman–Crippen LogP) is 11.3. The zero-order chi connectivity index (χ0) is 43.2. The second kappa shape index (κ2) is 16.1. The molecule has 0 unspecified atom stereocenters. The Morgan fingerprint density at radius 3 is 1.81 bits per heavy atom. The van der Waals surface area contributed by atoms with E-state index < -0.39 is 0 Å². The van der Waals surface area contributed by atoms with Crippen molar-refractivity contribution in [2.75, 3.05) is 16.5 Å². The van der Waals surface area contributed by atoms with Gasteiger partial charge in [-0.15, -0.1) is 0 Å². The molecular formula is C57H47BN6. The van der Waals surface area contributed by atoms with Crippen molar-refractivity contribution in [3.63, 3.8) is 0 Å². The van der Waals surface area contributed by atoms with E-state index in [4.69, 9.17) is 10.1 Å². The molecule has 0 atom stereocenters. The van der Waals surface area contributed by atoms with E-state index >= 15 is 0 Å². The monoisotopic (exact) mass is 826 g/mol. The van der Waals surface area contributed by atoms with Gasteiger partial charge in [-0.05, 0) is 82.7 Å². The Balaban J connectivity index is 1.19. The van der Waals surface area contributed by atoms with Crippen LogP contribution in [0.15, 0.2) is 219 Å². The van der Waals surface area contributed by atoms with Gasteiger partial charge in [0.15, 0.2) is 0 Å². The Morgan fingerprint density at radius 1 is 0.500 bits per heavy atom. The molecule has 10 aromatic rings. The Morgan fingerprint density at radius 2 is 1.09 bits per heavy atom. The van der Waals surface area contributed by atoms with Crippen LogP contribution in [0, 0.1) is 0 Å². The first-order valence-electron chi connectivity index (χ1n) is 22.0. The predicted molar refractivity (Wildman–Crippen MR) is 268 cm³/mol. The summed E-state index contributed by atoms with van der Waals surface area (Å²) in [6.45, 7) is 7.24. The highest BCUT2D eigenvalue weighted by molar-refractivity contribution is 6.97. The second-order valence-corrected chi connectivity index (χ2v) is 17.6. The van der Waals surface area contributed by atoms with E-state index in [-0.39, 0.29) is 12.1 Å². The summed E-state index contributed by atoms with van der Waals surface area (Å²) >= 11 is 0. The lowest BCUT2D eigenvalue weighted by atomic mass is 9.36. The van der Waals surface area contributed by atoms with Crippen molar-refractivity contribution in [2.45, 2.75) is 26.2 Å². The molecule has 64 heavy (non-hydrogen) atoms. The standard InChI is InChI=1S/C57H47BN6/c1-57(2,3)43-33-34-59-53(37-43)63-51-30-17-16-29-49(51)50-32-31-45(39-52(50)63)58(44-23-18-28-48(38-44)62-36-35-61(40-62)46-24-12-6-13-25-46)54-55(41-19-8-4-9-20-41)60-64(47-26-14-7-15-27-47)56(54)42-21-10-5-11-22-42/h4-39H,40H2,1-3H3. The van der Waals surface area contributed by atoms with E-state index in [1.54, 1.807) is 0 Å². The molecule has 0 fully saturated rings. The summed E-state index contributed by atoms with van der Waals surface area (Å²) in [6, 6.07) is 71.8. The van der Waals surface area contributed by atoms with Crippen LogP contribution in [0.1, 0.15) is 26.3 Å². The molecule has 0 saturated heterocycles. The van der Waals surface area contributed by atoms with Crippen molar-refractivity contribution >= 4 is 56.3 Å². The molecule has 6 nitrogen and oxygen atoms in total. The fourth-order valence-electron chi connectivity index (χ4n) is 9.35. The number of anilines is 2. The highest BCUT2D eigenvalue weighted by atomic mass is 15.3. The van der Waals surface area contributed by atoms with E-state index in [1.165, 1.54) is 21.8 Å². The molecule has 0 amide bonds. The topological polar surface area (TPSA) is 42.1 Å². The van der Waals surface area contributed by atoms with Crippen LogP contribution in [0.2, 0.25) is 0 Å². The van der Waals surface area contributed by atoms with Crippen molar-refractivity contribution in [3.8, 4) is 34.0 Å². The quantitative estimate of drug-likeness (QED) is 0.136. The number of fused-ring (bicyclic) bond motifs is 3. The molecule has 11 rings (SSSR count). The van der Waals surface area contributed by atoms with Crippen LogP contribution < -0.4 is 26.2 Å². The number of hydrogen-bond acceptors (Lipinski definition) is 4. The lowest BCUT2D eigenvalue weighted by molar-refractivity contribution is 0.588. The molecular weight excluding hydrogens is 779 g/mol. The number of nitrogens with zero attached hydrogens (tertiary/aromatic N) is 6. The maximum atomic E-state index is 5.61. The number of para-hydroxylation sites is 3. The van der Waals surface area contributed by atoms with E-state index in [2.05, 4.69) is 252 Å². The van der Waals surface area contributed by atoms with Crippen LogP contribution >= 0.6 is 0 Å².